The Hall–Kier alpha value is -1.91. The number of nitrogens with zero attached hydrogens (tertiary/aromatic N) is 1. The van der Waals surface area contributed by atoms with E-state index in [1.54, 1.807) is 12.1 Å². The molecule has 0 amide bonds. The highest BCUT2D eigenvalue weighted by molar-refractivity contribution is 5.65. The Bertz CT molecular complexity index is 332. The molecule has 0 aliphatic carbocycles. The van der Waals surface area contributed by atoms with E-state index in [9.17, 15) is 14.9 Å². The quantitative estimate of drug-likeness (QED) is 0.405. The van der Waals surface area contributed by atoms with Gasteiger partial charge in [-0.15, -0.1) is 0 Å². The molecule has 0 saturated heterocycles. The van der Waals surface area contributed by atoms with E-state index in [-0.39, 0.29) is 11.7 Å². The fraction of sp³-hybridized carbons (Fsp3) is 0.300. The van der Waals surface area contributed by atoms with Crippen molar-refractivity contribution in [2.75, 3.05) is 7.11 Å². The van der Waals surface area contributed by atoms with E-state index in [4.69, 9.17) is 0 Å². The molecular weight excluding hydrogens is 198 g/mol. The first-order valence-corrected chi connectivity index (χ1v) is 4.23. The molecule has 15 heavy (non-hydrogen) atoms. The lowest BCUT2D eigenvalue weighted by molar-refractivity contribution is -0.384. The maximum absolute atomic E-state index is 10.1. The molecule has 0 N–H and O–H groups in total. The first-order chi connectivity index (χ1) is 6.97. The second-order valence-electron chi connectivity index (χ2n) is 2.79. The van der Waals surface area contributed by atoms with Crippen molar-refractivity contribution in [2.45, 2.75) is 13.8 Å². The second kappa shape index (κ2) is 6.53. The first kappa shape index (κ1) is 13.1. The average molecular weight is 211 g/mol. The number of esters is 1. The van der Waals surface area contributed by atoms with Crippen LogP contribution >= 0.6 is 0 Å². The molecule has 0 saturated carbocycles. The Kier molecular flexibility index (Phi) is 5.70. The van der Waals surface area contributed by atoms with Gasteiger partial charge in [0.2, 0.25) is 0 Å². The monoisotopic (exact) mass is 211 g/mol. The maximum Gasteiger partial charge on any atom is 0.302 e. The SMILES string of the molecule is COC(C)=O.Cc1ccc([N+](=O)[O-])cc1. The molecule has 0 bridgehead atoms. The molecule has 1 aromatic carbocycles. The normalized spacial score (nSPS) is 8.47. The summed E-state index contributed by atoms with van der Waals surface area (Å²) < 4.78 is 4.11. The topological polar surface area (TPSA) is 69.4 Å². The van der Waals surface area contributed by atoms with Gasteiger partial charge in [0.15, 0.2) is 0 Å². The van der Waals surface area contributed by atoms with E-state index in [0.717, 1.165) is 5.56 Å². The van der Waals surface area contributed by atoms with E-state index in [0.29, 0.717) is 0 Å². The fourth-order valence-corrected chi connectivity index (χ4v) is 0.666. The highest BCUT2D eigenvalue weighted by Crippen LogP contribution is 2.10. The third-order valence-corrected chi connectivity index (χ3v) is 1.53. The third kappa shape index (κ3) is 6.20. The molecule has 0 atom stereocenters. The molecule has 0 aliphatic heterocycles. The van der Waals surface area contributed by atoms with Crippen molar-refractivity contribution in [1.82, 2.24) is 0 Å². The molecule has 0 heterocycles. The summed E-state index contributed by atoms with van der Waals surface area (Å²) in [7, 11) is 1.35. The fourth-order valence-electron chi connectivity index (χ4n) is 0.666. The van der Waals surface area contributed by atoms with Gasteiger partial charge >= 0.3 is 5.97 Å². The summed E-state index contributed by atoms with van der Waals surface area (Å²) in [6, 6.07) is 6.43. The molecule has 0 aromatic heterocycles. The zero-order chi connectivity index (χ0) is 11.8. The standard InChI is InChI=1S/C7H7NO2.C3H6O2/c1-6-2-4-7(5-3-6)8(9)10;1-3(4)5-2/h2-5H,1H3;1-2H3. The average Bonchev–Trinajstić information content (AvgIpc) is 2.19. The minimum atomic E-state index is -0.403. The summed E-state index contributed by atoms with van der Waals surface area (Å²) in [4.78, 5) is 19.3. The van der Waals surface area contributed by atoms with Crippen molar-refractivity contribution in [3.05, 3.63) is 39.9 Å². The van der Waals surface area contributed by atoms with Crippen LogP contribution in [0.5, 0.6) is 0 Å². The Balaban J connectivity index is 0.000000336. The molecule has 0 aliphatic rings. The molecule has 0 unspecified atom stereocenters. The van der Waals surface area contributed by atoms with Crippen LogP contribution in [0, 0.1) is 17.0 Å². The van der Waals surface area contributed by atoms with Gasteiger partial charge in [0.1, 0.15) is 0 Å². The third-order valence-electron chi connectivity index (χ3n) is 1.53. The summed E-state index contributed by atoms with van der Waals surface area (Å²) in [6.07, 6.45) is 0. The number of nitro groups is 1. The number of carbonyl (C=O) groups is 1. The number of nitro benzene ring substituents is 1. The van der Waals surface area contributed by atoms with Crippen LogP contribution in [0.1, 0.15) is 12.5 Å². The molecule has 82 valence electrons. The van der Waals surface area contributed by atoms with Gasteiger partial charge in [-0.05, 0) is 6.92 Å². The van der Waals surface area contributed by atoms with Crippen LogP contribution < -0.4 is 0 Å². The van der Waals surface area contributed by atoms with Crippen molar-refractivity contribution in [3.8, 4) is 0 Å². The number of non-ortho nitro benzene ring substituents is 1. The highest BCUT2D eigenvalue weighted by atomic mass is 16.6. The van der Waals surface area contributed by atoms with Crippen LogP contribution in [0.15, 0.2) is 24.3 Å². The molecule has 0 spiro atoms. The molecule has 5 heteroatoms. The summed E-state index contributed by atoms with van der Waals surface area (Å²) in [6.45, 7) is 3.25. The van der Waals surface area contributed by atoms with Crippen LogP contribution in [-0.4, -0.2) is 18.0 Å². The zero-order valence-electron chi connectivity index (χ0n) is 8.89. The van der Waals surface area contributed by atoms with Crippen LogP contribution in [-0.2, 0) is 9.53 Å². The number of hydrogen-bond donors (Lipinski definition) is 0. The van der Waals surface area contributed by atoms with Gasteiger partial charge in [-0.2, -0.15) is 0 Å². The Morgan fingerprint density at radius 1 is 1.33 bits per heavy atom. The predicted octanol–water partition coefficient (Wildman–Crippen LogP) is 2.08. The summed E-state index contributed by atoms with van der Waals surface area (Å²) >= 11 is 0. The molecule has 0 radical (unpaired) electrons. The van der Waals surface area contributed by atoms with Gasteiger partial charge in [0.25, 0.3) is 5.69 Å². The molecule has 5 nitrogen and oxygen atoms in total. The number of hydrogen-bond acceptors (Lipinski definition) is 4. The number of rotatable bonds is 1. The Morgan fingerprint density at radius 2 is 1.73 bits per heavy atom. The van der Waals surface area contributed by atoms with Gasteiger partial charge in [0.05, 0.1) is 12.0 Å². The van der Waals surface area contributed by atoms with E-state index in [2.05, 4.69) is 4.74 Å². The van der Waals surface area contributed by atoms with Crippen molar-refractivity contribution in [1.29, 1.82) is 0 Å². The lowest BCUT2D eigenvalue weighted by Gasteiger charge is -1.90. The van der Waals surface area contributed by atoms with E-state index < -0.39 is 4.92 Å². The zero-order valence-corrected chi connectivity index (χ0v) is 8.89. The number of benzene rings is 1. The van der Waals surface area contributed by atoms with Crippen LogP contribution in [0.25, 0.3) is 0 Å². The maximum atomic E-state index is 10.1. The van der Waals surface area contributed by atoms with Gasteiger partial charge in [-0.3, -0.25) is 14.9 Å². The van der Waals surface area contributed by atoms with E-state index >= 15 is 0 Å². The lowest BCUT2D eigenvalue weighted by Crippen LogP contribution is -1.88. The first-order valence-electron chi connectivity index (χ1n) is 4.23. The molecular formula is C10H13NO4. The number of carbonyl (C=O) groups excluding carboxylic acids is 1. The Morgan fingerprint density at radius 3 is 2.00 bits per heavy atom. The minimum Gasteiger partial charge on any atom is -0.469 e. The van der Waals surface area contributed by atoms with Crippen molar-refractivity contribution < 1.29 is 14.5 Å². The smallest absolute Gasteiger partial charge is 0.302 e. The molecule has 0 fully saturated rings. The van der Waals surface area contributed by atoms with Gasteiger partial charge in [0, 0.05) is 19.1 Å². The largest absolute Gasteiger partial charge is 0.469 e. The van der Waals surface area contributed by atoms with Crippen molar-refractivity contribution >= 4 is 11.7 Å². The summed E-state index contributed by atoms with van der Waals surface area (Å²) in [5, 5.41) is 10.1. The summed E-state index contributed by atoms with van der Waals surface area (Å²) in [5.74, 6) is -0.245. The summed E-state index contributed by atoms with van der Waals surface area (Å²) in [5.41, 5.74) is 1.18. The predicted molar refractivity (Wildman–Crippen MR) is 55.5 cm³/mol. The van der Waals surface area contributed by atoms with Gasteiger partial charge < -0.3 is 4.74 Å². The van der Waals surface area contributed by atoms with E-state index in [1.165, 1.54) is 26.2 Å². The Labute approximate surface area is 87.8 Å². The second-order valence-corrected chi connectivity index (χ2v) is 2.79. The minimum absolute atomic E-state index is 0.144. The molecule has 1 rings (SSSR count). The van der Waals surface area contributed by atoms with E-state index in [1.807, 2.05) is 6.92 Å². The van der Waals surface area contributed by atoms with Gasteiger partial charge in [-0.1, -0.05) is 17.7 Å². The van der Waals surface area contributed by atoms with Crippen molar-refractivity contribution in [3.63, 3.8) is 0 Å². The highest BCUT2D eigenvalue weighted by Gasteiger charge is 2.00. The number of methoxy groups -OCH3 is 1. The number of ether oxygens (including phenoxy) is 1. The van der Waals surface area contributed by atoms with Crippen LogP contribution in [0.2, 0.25) is 0 Å². The van der Waals surface area contributed by atoms with Crippen molar-refractivity contribution in [2.24, 2.45) is 0 Å². The lowest BCUT2D eigenvalue weighted by atomic mass is 10.2. The molecule has 1 aromatic rings. The van der Waals surface area contributed by atoms with Gasteiger partial charge in [-0.25, -0.2) is 0 Å². The van der Waals surface area contributed by atoms with Crippen LogP contribution in [0.3, 0.4) is 0 Å². The number of aryl methyl sites for hydroxylation is 1. The van der Waals surface area contributed by atoms with Crippen LogP contribution in [0.4, 0.5) is 5.69 Å².